The van der Waals surface area contributed by atoms with Crippen LogP contribution in [0.25, 0.3) is 21.6 Å². The smallest absolute Gasteiger partial charge is 0.218 e. The number of fused-ring (bicyclic) bond motifs is 1. The van der Waals surface area contributed by atoms with Crippen molar-refractivity contribution in [3.63, 3.8) is 0 Å². The van der Waals surface area contributed by atoms with Crippen molar-refractivity contribution in [2.24, 2.45) is 5.11 Å². The average Bonchev–Trinajstić information content (AvgIpc) is 2.51. The predicted molar refractivity (Wildman–Crippen MR) is 40.5 cm³/mol. The van der Waals surface area contributed by atoms with Gasteiger partial charge < -0.3 is 4.98 Å². The first kappa shape index (κ1) is 6.56. The van der Waals surface area contributed by atoms with E-state index < -0.39 is 0 Å². The fraction of sp³-hybridized carbons (Fsp3) is 0. The van der Waals surface area contributed by atoms with Crippen molar-refractivity contribution in [2.75, 3.05) is 0 Å². The van der Waals surface area contributed by atoms with E-state index in [9.17, 15) is 0 Å². The topological polar surface area (TPSA) is 103 Å². The first-order valence-corrected chi connectivity index (χ1v) is 3.11. The van der Waals surface area contributed by atoms with E-state index in [0.29, 0.717) is 11.2 Å². The van der Waals surface area contributed by atoms with E-state index in [4.69, 9.17) is 5.53 Å². The normalized spacial score (nSPS) is 9.67. The van der Waals surface area contributed by atoms with Gasteiger partial charge in [-0.05, 0) is 10.6 Å². The highest BCUT2D eigenvalue weighted by Crippen LogP contribution is 2.08. The number of azide groups is 1. The highest BCUT2D eigenvalue weighted by molar-refractivity contribution is 5.69. The van der Waals surface area contributed by atoms with Crippen LogP contribution in [0.1, 0.15) is 0 Å². The van der Waals surface area contributed by atoms with Gasteiger partial charge in [0, 0.05) is 4.91 Å². The van der Waals surface area contributed by atoms with E-state index in [-0.39, 0.29) is 5.95 Å². The molecule has 2 aromatic rings. The van der Waals surface area contributed by atoms with E-state index in [1.807, 2.05) is 0 Å². The Morgan fingerprint density at radius 3 is 3.25 bits per heavy atom. The quantitative estimate of drug-likeness (QED) is 0.387. The molecule has 0 bridgehead atoms. The van der Waals surface area contributed by atoms with Crippen molar-refractivity contribution in [3.8, 4) is 0 Å². The van der Waals surface area contributed by atoms with E-state index in [1.165, 1.54) is 12.5 Å². The molecule has 0 aliphatic heterocycles. The van der Waals surface area contributed by atoms with Crippen LogP contribution < -0.4 is 0 Å². The fourth-order valence-electron chi connectivity index (χ4n) is 0.815. The number of hydrogen-bond acceptors (Lipinski definition) is 4. The van der Waals surface area contributed by atoms with Crippen LogP contribution in [0, 0.1) is 0 Å². The van der Waals surface area contributed by atoms with Crippen molar-refractivity contribution in [2.45, 2.75) is 0 Å². The molecule has 7 nitrogen and oxygen atoms in total. The molecule has 0 spiro atoms. The van der Waals surface area contributed by atoms with Crippen molar-refractivity contribution < 1.29 is 0 Å². The van der Waals surface area contributed by atoms with Gasteiger partial charge in [0.25, 0.3) is 0 Å². The predicted octanol–water partition coefficient (Wildman–Crippen LogP) is 1.29. The summed E-state index contributed by atoms with van der Waals surface area (Å²) in [6, 6.07) is 0. The van der Waals surface area contributed by atoms with E-state index in [2.05, 4.69) is 30.0 Å². The second kappa shape index (κ2) is 2.48. The molecule has 0 saturated heterocycles. The molecule has 12 heavy (non-hydrogen) atoms. The fourth-order valence-corrected chi connectivity index (χ4v) is 0.815. The Hall–Kier alpha value is -2.14. The molecule has 7 heteroatoms. The summed E-state index contributed by atoms with van der Waals surface area (Å²) in [6.07, 6.45) is 3.01. The molecule has 0 amide bonds. The summed E-state index contributed by atoms with van der Waals surface area (Å²) in [5, 5.41) is 3.24. The maximum Gasteiger partial charge on any atom is 0.218 e. The number of nitrogens with zero attached hydrogens (tertiary/aromatic N) is 6. The van der Waals surface area contributed by atoms with Gasteiger partial charge >= 0.3 is 0 Å². The van der Waals surface area contributed by atoms with Gasteiger partial charge in [0.05, 0.1) is 12.5 Å². The monoisotopic (exact) mass is 161 g/mol. The van der Waals surface area contributed by atoms with Crippen LogP contribution in [0.15, 0.2) is 17.6 Å². The van der Waals surface area contributed by atoms with E-state index in [1.54, 1.807) is 0 Å². The van der Waals surface area contributed by atoms with Crippen LogP contribution in [0.3, 0.4) is 0 Å². The SMILES string of the molecule is [N-]=[N+]=Nc1ncc2[nH]cnc2n1. The summed E-state index contributed by atoms with van der Waals surface area (Å²) in [4.78, 5) is 16.9. The molecule has 0 unspecified atom stereocenters. The lowest BCUT2D eigenvalue weighted by atomic mass is 10.6. The highest BCUT2D eigenvalue weighted by Gasteiger charge is 1.98. The molecule has 0 saturated carbocycles. The Balaban J connectivity index is 2.67. The van der Waals surface area contributed by atoms with Crippen molar-refractivity contribution in [1.82, 2.24) is 19.9 Å². The van der Waals surface area contributed by atoms with E-state index >= 15 is 0 Å². The molecule has 2 rings (SSSR count). The summed E-state index contributed by atoms with van der Waals surface area (Å²) in [5.41, 5.74) is 9.30. The van der Waals surface area contributed by atoms with Gasteiger partial charge in [0.1, 0.15) is 5.52 Å². The minimum absolute atomic E-state index is 0.0806. The molecule has 0 aromatic carbocycles. The largest absolute Gasteiger partial charge is 0.342 e. The average molecular weight is 161 g/mol. The molecular formula is C5H3N7. The zero-order chi connectivity index (χ0) is 8.39. The van der Waals surface area contributed by atoms with Gasteiger partial charge in [0.2, 0.25) is 5.95 Å². The Labute approximate surface area is 66.1 Å². The number of rotatable bonds is 1. The lowest BCUT2D eigenvalue weighted by molar-refractivity contribution is 1.15. The van der Waals surface area contributed by atoms with Crippen molar-refractivity contribution >= 4 is 17.1 Å². The third kappa shape index (κ3) is 0.938. The van der Waals surface area contributed by atoms with Gasteiger partial charge in [-0.3, -0.25) is 0 Å². The standard InChI is InChI=1S/C5H3N7/c6-12-11-5-7-1-3-4(10-5)9-2-8-3/h1-2H,(H,7,8,9,10). The number of nitrogens with one attached hydrogen (secondary N) is 1. The molecule has 0 aliphatic carbocycles. The summed E-state index contributed by atoms with van der Waals surface area (Å²) in [5.74, 6) is 0.0806. The second-order valence-corrected chi connectivity index (χ2v) is 2.00. The number of imidazole rings is 1. The van der Waals surface area contributed by atoms with Crippen LogP contribution in [0.4, 0.5) is 5.95 Å². The molecule has 1 N–H and O–H groups in total. The minimum Gasteiger partial charge on any atom is -0.342 e. The third-order valence-electron chi connectivity index (χ3n) is 1.30. The maximum absolute atomic E-state index is 8.09. The van der Waals surface area contributed by atoms with Gasteiger partial charge in [-0.15, -0.1) is 0 Å². The van der Waals surface area contributed by atoms with Crippen LogP contribution in [-0.4, -0.2) is 19.9 Å². The Morgan fingerprint density at radius 2 is 2.42 bits per heavy atom. The Kier molecular flexibility index (Phi) is 1.36. The highest BCUT2D eigenvalue weighted by atomic mass is 15.2. The number of aromatic nitrogens is 4. The molecule has 58 valence electrons. The Bertz CT molecular complexity index is 452. The number of hydrogen-bond donors (Lipinski definition) is 1. The zero-order valence-electron chi connectivity index (χ0n) is 5.84. The molecule has 2 heterocycles. The van der Waals surface area contributed by atoms with Crippen molar-refractivity contribution in [1.29, 1.82) is 0 Å². The summed E-state index contributed by atoms with van der Waals surface area (Å²) >= 11 is 0. The van der Waals surface area contributed by atoms with Crippen LogP contribution in [-0.2, 0) is 0 Å². The lowest BCUT2D eigenvalue weighted by Gasteiger charge is -1.87. The first-order valence-electron chi connectivity index (χ1n) is 3.11. The molecule has 0 atom stereocenters. The lowest BCUT2D eigenvalue weighted by Crippen LogP contribution is -1.80. The van der Waals surface area contributed by atoms with Gasteiger partial charge in [-0.25, -0.2) is 15.0 Å². The number of H-pyrrole nitrogens is 1. The maximum atomic E-state index is 8.09. The van der Waals surface area contributed by atoms with Crippen LogP contribution >= 0.6 is 0 Å². The summed E-state index contributed by atoms with van der Waals surface area (Å²) in [7, 11) is 0. The van der Waals surface area contributed by atoms with Crippen LogP contribution in [0.2, 0.25) is 0 Å². The molecule has 0 radical (unpaired) electrons. The van der Waals surface area contributed by atoms with Gasteiger partial charge in [-0.1, -0.05) is 0 Å². The molecular weight excluding hydrogens is 158 g/mol. The second-order valence-electron chi connectivity index (χ2n) is 2.00. The number of aromatic amines is 1. The zero-order valence-corrected chi connectivity index (χ0v) is 5.84. The molecule has 0 fully saturated rings. The molecule has 0 aliphatic rings. The molecule has 2 aromatic heterocycles. The first-order chi connectivity index (χ1) is 5.90. The van der Waals surface area contributed by atoms with Crippen molar-refractivity contribution in [3.05, 3.63) is 23.0 Å². The van der Waals surface area contributed by atoms with Crippen LogP contribution in [0.5, 0.6) is 0 Å². The summed E-state index contributed by atoms with van der Waals surface area (Å²) < 4.78 is 0. The Morgan fingerprint density at radius 1 is 1.50 bits per heavy atom. The third-order valence-corrected chi connectivity index (χ3v) is 1.30. The van der Waals surface area contributed by atoms with E-state index in [0.717, 1.165) is 0 Å². The van der Waals surface area contributed by atoms with Gasteiger partial charge in [0.15, 0.2) is 5.65 Å². The van der Waals surface area contributed by atoms with Gasteiger partial charge in [-0.2, -0.15) is 0 Å². The minimum atomic E-state index is 0.0806. The summed E-state index contributed by atoms with van der Waals surface area (Å²) in [6.45, 7) is 0.